The summed E-state index contributed by atoms with van der Waals surface area (Å²) in [6.45, 7) is 5.16. The van der Waals surface area contributed by atoms with Crippen LogP contribution in [0.4, 0.5) is 0 Å². The second-order valence-electron chi connectivity index (χ2n) is 6.16. The maximum atomic E-state index is 12.5. The number of benzene rings is 1. The van der Waals surface area contributed by atoms with Gasteiger partial charge in [-0.05, 0) is 30.4 Å². The molecule has 2 heterocycles. The van der Waals surface area contributed by atoms with E-state index in [1.165, 1.54) is 0 Å². The maximum absolute atomic E-state index is 12.5. The van der Waals surface area contributed by atoms with E-state index in [1.54, 1.807) is 0 Å². The zero-order chi connectivity index (χ0) is 15.5. The van der Waals surface area contributed by atoms with Crippen molar-refractivity contribution in [3.05, 3.63) is 22.7 Å². The van der Waals surface area contributed by atoms with E-state index in [0.29, 0.717) is 42.1 Å². The van der Waals surface area contributed by atoms with E-state index >= 15 is 0 Å². The van der Waals surface area contributed by atoms with Gasteiger partial charge in [-0.1, -0.05) is 24.6 Å². The number of hydrogen-bond donors (Lipinski definition) is 0. The average Bonchev–Trinajstić information content (AvgIpc) is 2.76. The first-order valence-electron chi connectivity index (χ1n) is 8.00. The van der Waals surface area contributed by atoms with Gasteiger partial charge in [-0.15, -0.1) is 0 Å². The van der Waals surface area contributed by atoms with Gasteiger partial charge in [0, 0.05) is 19.5 Å². The topological polar surface area (TPSA) is 38.8 Å². The second kappa shape index (κ2) is 6.78. The zero-order valence-corrected chi connectivity index (χ0v) is 13.7. The van der Waals surface area contributed by atoms with Crippen LogP contribution in [0.15, 0.2) is 12.1 Å². The summed E-state index contributed by atoms with van der Waals surface area (Å²) >= 11 is 6.43. The van der Waals surface area contributed by atoms with Crippen molar-refractivity contribution >= 4 is 17.5 Å². The van der Waals surface area contributed by atoms with E-state index in [1.807, 2.05) is 17.0 Å². The summed E-state index contributed by atoms with van der Waals surface area (Å²) in [5.41, 5.74) is 0.814. The van der Waals surface area contributed by atoms with Crippen molar-refractivity contribution in [3.63, 3.8) is 0 Å². The largest absolute Gasteiger partial charge is 0.490 e. The van der Waals surface area contributed by atoms with Gasteiger partial charge in [0.2, 0.25) is 5.91 Å². The van der Waals surface area contributed by atoms with Gasteiger partial charge in [-0.3, -0.25) is 4.79 Å². The number of piperidine rings is 1. The maximum Gasteiger partial charge on any atom is 0.227 e. The molecule has 3 rings (SSSR count). The lowest BCUT2D eigenvalue weighted by atomic mass is 9.98. The molecule has 0 radical (unpaired) electrons. The Morgan fingerprint density at radius 1 is 1.27 bits per heavy atom. The minimum Gasteiger partial charge on any atom is -0.490 e. The third kappa shape index (κ3) is 3.32. The third-order valence-electron chi connectivity index (χ3n) is 4.41. The Kier molecular flexibility index (Phi) is 4.77. The van der Waals surface area contributed by atoms with Crippen LogP contribution in [0.1, 0.15) is 31.7 Å². The van der Waals surface area contributed by atoms with E-state index in [-0.39, 0.29) is 5.91 Å². The highest BCUT2D eigenvalue weighted by Gasteiger charge is 2.23. The van der Waals surface area contributed by atoms with Crippen molar-refractivity contribution in [2.24, 2.45) is 5.92 Å². The minimum absolute atomic E-state index is 0.142. The van der Waals surface area contributed by atoms with Gasteiger partial charge >= 0.3 is 0 Å². The van der Waals surface area contributed by atoms with Gasteiger partial charge in [0.25, 0.3) is 0 Å². The van der Waals surface area contributed by atoms with E-state index < -0.39 is 0 Å². The Morgan fingerprint density at radius 3 is 2.77 bits per heavy atom. The predicted molar refractivity (Wildman–Crippen MR) is 85.7 cm³/mol. The molecular weight excluding hydrogens is 302 g/mol. The highest BCUT2D eigenvalue weighted by Crippen LogP contribution is 2.39. The summed E-state index contributed by atoms with van der Waals surface area (Å²) in [5.74, 6) is 2.11. The van der Waals surface area contributed by atoms with E-state index in [0.717, 1.165) is 37.9 Å². The first-order valence-corrected chi connectivity index (χ1v) is 8.37. The van der Waals surface area contributed by atoms with Crippen LogP contribution in [0.25, 0.3) is 0 Å². The average molecular weight is 324 g/mol. The SMILES string of the molecule is CC1CCN(C(=O)Cc2ccc3c(c2Cl)OCCCO3)CC1. The third-order valence-corrected chi connectivity index (χ3v) is 4.83. The summed E-state index contributed by atoms with van der Waals surface area (Å²) in [4.78, 5) is 14.4. The Bertz CT molecular complexity index is 553. The van der Waals surface area contributed by atoms with Crippen molar-refractivity contribution < 1.29 is 14.3 Å². The lowest BCUT2D eigenvalue weighted by molar-refractivity contribution is -0.131. The Labute approximate surface area is 136 Å². The monoisotopic (exact) mass is 323 g/mol. The highest BCUT2D eigenvalue weighted by atomic mass is 35.5. The molecule has 2 aliphatic heterocycles. The molecule has 0 N–H and O–H groups in total. The van der Waals surface area contributed by atoms with E-state index in [4.69, 9.17) is 21.1 Å². The van der Waals surface area contributed by atoms with Gasteiger partial charge < -0.3 is 14.4 Å². The number of hydrogen-bond acceptors (Lipinski definition) is 3. The number of carbonyl (C=O) groups is 1. The van der Waals surface area contributed by atoms with Crippen LogP contribution in [-0.2, 0) is 11.2 Å². The molecule has 0 atom stereocenters. The van der Waals surface area contributed by atoms with Gasteiger partial charge in [0.05, 0.1) is 24.7 Å². The molecule has 2 aliphatic rings. The Balaban J connectivity index is 1.72. The van der Waals surface area contributed by atoms with Gasteiger partial charge in [-0.25, -0.2) is 0 Å². The quantitative estimate of drug-likeness (QED) is 0.838. The summed E-state index contributed by atoms with van der Waals surface area (Å²) < 4.78 is 11.3. The smallest absolute Gasteiger partial charge is 0.227 e. The van der Waals surface area contributed by atoms with Gasteiger partial charge in [0.1, 0.15) is 0 Å². The fourth-order valence-electron chi connectivity index (χ4n) is 2.91. The number of likely N-dealkylation sites (tertiary alicyclic amines) is 1. The second-order valence-corrected chi connectivity index (χ2v) is 6.53. The molecule has 1 saturated heterocycles. The predicted octanol–water partition coefficient (Wildman–Crippen LogP) is 3.30. The van der Waals surface area contributed by atoms with Crippen molar-refractivity contribution in [1.29, 1.82) is 0 Å². The number of nitrogens with zero attached hydrogens (tertiary/aromatic N) is 1. The fraction of sp³-hybridized carbons (Fsp3) is 0.588. The first kappa shape index (κ1) is 15.5. The van der Waals surface area contributed by atoms with Crippen molar-refractivity contribution in [1.82, 2.24) is 4.90 Å². The first-order chi connectivity index (χ1) is 10.6. The van der Waals surface area contributed by atoms with Crippen LogP contribution < -0.4 is 9.47 Å². The molecule has 0 spiro atoms. The molecule has 0 bridgehead atoms. The molecule has 0 saturated carbocycles. The molecule has 120 valence electrons. The van der Waals surface area contributed by atoms with E-state index in [2.05, 4.69) is 6.92 Å². The number of amides is 1. The summed E-state index contributed by atoms with van der Waals surface area (Å²) in [6, 6.07) is 3.73. The fourth-order valence-corrected chi connectivity index (χ4v) is 3.19. The molecule has 22 heavy (non-hydrogen) atoms. The summed E-state index contributed by atoms with van der Waals surface area (Å²) in [6.07, 6.45) is 3.33. The number of fused-ring (bicyclic) bond motifs is 1. The molecule has 0 aliphatic carbocycles. The number of carbonyl (C=O) groups excluding carboxylic acids is 1. The number of rotatable bonds is 2. The number of ether oxygens (including phenoxy) is 2. The van der Waals surface area contributed by atoms with Crippen molar-refractivity contribution in [3.8, 4) is 11.5 Å². The molecular formula is C17H22ClNO3. The molecule has 1 aromatic carbocycles. The Hall–Kier alpha value is -1.42. The molecule has 1 fully saturated rings. The van der Waals surface area contributed by atoms with E-state index in [9.17, 15) is 4.79 Å². The minimum atomic E-state index is 0.142. The van der Waals surface area contributed by atoms with Crippen LogP contribution >= 0.6 is 11.6 Å². The lowest BCUT2D eigenvalue weighted by Gasteiger charge is -2.30. The molecule has 5 heteroatoms. The van der Waals surface area contributed by atoms with Crippen LogP contribution in [0.5, 0.6) is 11.5 Å². The summed E-state index contributed by atoms with van der Waals surface area (Å²) in [5, 5.41) is 0.512. The lowest BCUT2D eigenvalue weighted by Crippen LogP contribution is -2.38. The van der Waals surface area contributed by atoms with Crippen LogP contribution in [0, 0.1) is 5.92 Å². The molecule has 4 nitrogen and oxygen atoms in total. The molecule has 0 unspecified atom stereocenters. The zero-order valence-electron chi connectivity index (χ0n) is 12.9. The van der Waals surface area contributed by atoms with Gasteiger partial charge in [0.15, 0.2) is 11.5 Å². The molecule has 1 amide bonds. The number of halogens is 1. The van der Waals surface area contributed by atoms with Crippen LogP contribution in [0.3, 0.4) is 0 Å². The Morgan fingerprint density at radius 2 is 2.00 bits per heavy atom. The van der Waals surface area contributed by atoms with Gasteiger partial charge in [-0.2, -0.15) is 0 Å². The van der Waals surface area contributed by atoms with Crippen LogP contribution in [-0.4, -0.2) is 37.1 Å². The normalized spacial score (nSPS) is 18.9. The van der Waals surface area contributed by atoms with Crippen molar-refractivity contribution in [2.75, 3.05) is 26.3 Å². The standard InChI is InChI=1S/C17H22ClNO3/c1-12-5-7-19(8-6-12)15(20)11-13-3-4-14-17(16(13)18)22-10-2-9-21-14/h3-4,12H,2,5-11H2,1H3. The highest BCUT2D eigenvalue weighted by molar-refractivity contribution is 6.33. The summed E-state index contributed by atoms with van der Waals surface area (Å²) in [7, 11) is 0. The molecule has 1 aromatic rings. The molecule has 0 aromatic heterocycles. The van der Waals surface area contributed by atoms with Crippen LogP contribution in [0.2, 0.25) is 5.02 Å². The van der Waals surface area contributed by atoms with Crippen molar-refractivity contribution in [2.45, 2.75) is 32.6 Å².